The largest absolute Gasteiger partial charge is 0.480 e. The van der Waals surface area contributed by atoms with Gasteiger partial charge in [0.25, 0.3) is 0 Å². The van der Waals surface area contributed by atoms with Crippen LogP contribution < -0.4 is 33.2 Å². The van der Waals surface area contributed by atoms with Crippen LogP contribution in [0.1, 0.15) is 32.3 Å². The van der Waals surface area contributed by atoms with Crippen LogP contribution in [0.4, 0.5) is 0 Å². The predicted molar refractivity (Wildman–Crippen MR) is 124 cm³/mol. The fourth-order valence-corrected chi connectivity index (χ4v) is 3.10. The standard InChI is InChI=1S/C22H32N6O7/c1-11(2)18(22(34)35)28-21(33)15(10-17(25)30)27-20(32)14(9-16(24)29)26-19(31)13(23)8-12-6-4-3-5-7-12/h3-7,11,13-15,18H,8-10,23H2,1-2H3,(H2,24,29)(H2,25,30)(H,26,31)(H,27,32)(H,28,33)(H,34,35). The Hall–Kier alpha value is -4.00. The number of primary amides is 2. The van der Waals surface area contributed by atoms with Gasteiger partial charge in [0.1, 0.15) is 18.1 Å². The van der Waals surface area contributed by atoms with Gasteiger partial charge in [0.2, 0.25) is 29.5 Å². The number of carbonyl (C=O) groups is 6. The van der Waals surface area contributed by atoms with Crippen molar-refractivity contribution >= 4 is 35.5 Å². The number of hydrogen-bond donors (Lipinski definition) is 7. The predicted octanol–water partition coefficient (Wildman–Crippen LogP) is -2.50. The van der Waals surface area contributed by atoms with Gasteiger partial charge in [-0.05, 0) is 17.9 Å². The molecule has 1 rings (SSSR count). The average molecular weight is 493 g/mol. The molecule has 1 aromatic rings. The van der Waals surface area contributed by atoms with E-state index in [9.17, 15) is 33.9 Å². The summed E-state index contributed by atoms with van der Waals surface area (Å²) in [6.07, 6.45) is -1.13. The van der Waals surface area contributed by atoms with Crippen molar-refractivity contribution in [2.45, 2.75) is 57.3 Å². The summed E-state index contributed by atoms with van der Waals surface area (Å²) in [5, 5.41) is 16.1. The molecule has 4 unspecified atom stereocenters. The molecule has 35 heavy (non-hydrogen) atoms. The number of amides is 5. The lowest BCUT2D eigenvalue weighted by Gasteiger charge is -2.25. The van der Waals surface area contributed by atoms with Crippen LogP contribution in [-0.4, -0.2) is 64.8 Å². The van der Waals surface area contributed by atoms with Crippen LogP contribution >= 0.6 is 0 Å². The van der Waals surface area contributed by atoms with Gasteiger partial charge >= 0.3 is 5.97 Å². The summed E-state index contributed by atoms with van der Waals surface area (Å²) in [4.78, 5) is 72.3. The lowest BCUT2D eigenvalue weighted by atomic mass is 10.0. The monoisotopic (exact) mass is 492 g/mol. The zero-order valence-corrected chi connectivity index (χ0v) is 19.5. The third-order valence-electron chi connectivity index (χ3n) is 4.94. The second-order valence-electron chi connectivity index (χ2n) is 8.33. The molecule has 4 atom stereocenters. The lowest BCUT2D eigenvalue weighted by Crippen LogP contribution is -2.58. The number of nitrogens with one attached hydrogen (secondary N) is 3. The Labute approximate surface area is 202 Å². The van der Waals surface area contributed by atoms with Crippen molar-refractivity contribution in [2.75, 3.05) is 0 Å². The van der Waals surface area contributed by atoms with Gasteiger partial charge in [-0.2, -0.15) is 0 Å². The molecular formula is C22H32N6O7. The Balaban J connectivity index is 2.98. The third kappa shape index (κ3) is 10.2. The van der Waals surface area contributed by atoms with Crippen LogP contribution in [-0.2, 0) is 35.2 Å². The molecule has 0 aliphatic rings. The van der Waals surface area contributed by atoms with Crippen LogP contribution in [0.2, 0.25) is 0 Å². The molecule has 0 aromatic heterocycles. The van der Waals surface area contributed by atoms with Crippen LogP contribution in [0.15, 0.2) is 30.3 Å². The van der Waals surface area contributed by atoms with Gasteiger partial charge in [-0.1, -0.05) is 44.2 Å². The second-order valence-corrected chi connectivity index (χ2v) is 8.33. The van der Waals surface area contributed by atoms with Crippen molar-refractivity contribution in [1.82, 2.24) is 16.0 Å². The number of aliphatic carboxylic acids is 1. The first-order valence-electron chi connectivity index (χ1n) is 10.8. The van der Waals surface area contributed by atoms with Crippen LogP contribution in [0.3, 0.4) is 0 Å². The number of benzene rings is 1. The molecule has 0 aliphatic heterocycles. The smallest absolute Gasteiger partial charge is 0.326 e. The fourth-order valence-electron chi connectivity index (χ4n) is 3.10. The molecule has 0 radical (unpaired) electrons. The Bertz CT molecular complexity index is 937. The molecule has 10 N–H and O–H groups in total. The first-order valence-corrected chi connectivity index (χ1v) is 10.8. The highest BCUT2D eigenvalue weighted by molar-refractivity contribution is 5.97. The molecule has 0 saturated heterocycles. The average Bonchev–Trinajstić information content (AvgIpc) is 2.75. The van der Waals surface area contributed by atoms with Gasteiger partial charge in [0, 0.05) is 0 Å². The summed E-state index contributed by atoms with van der Waals surface area (Å²) in [6.45, 7) is 3.11. The highest BCUT2D eigenvalue weighted by atomic mass is 16.4. The Morgan fingerprint density at radius 2 is 1.26 bits per heavy atom. The van der Waals surface area contributed by atoms with Crippen LogP contribution in [0.5, 0.6) is 0 Å². The Kier molecular flexibility index (Phi) is 11.3. The minimum atomic E-state index is -1.56. The minimum Gasteiger partial charge on any atom is -0.480 e. The number of nitrogens with two attached hydrogens (primary N) is 3. The summed E-state index contributed by atoms with van der Waals surface area (Å²) in [6, 6.07) is 3.41. The molecule has 13 heteroatoms. The van der Waals surface area contributed by atoms with E-state index in [1.54, 1.807) is 44.2 Å². The maximum Gasteiger partial charge on any atom is 0.326 e. The summed E-state index contributed by atoms with van der Waals surface area (Å²) < 4.78 is 0. The highest BCUT2D eigenvalue weighted by Gasteiger charge is 2.32. The Morgan fingerprint density at radius 3 is 1.69 bits per heavy atom. The number of hydrogen-bond acceptors (Lipinski definition) is 7. The van der Waals surface area contributed by atoms with E-state index in [0.29, 0.717) is 0 Å². The van der Waals surface area contributed by atoms with Crippen molar-refractivity contribution in [1.29, 1.82) is 0 Å². The quantitative estimate of drug-likeness (QED) is 0.146. The zero-order valence-electron chi connectivity index (χ0n) is 19.5. The molecule has 0 spiro atoms. The van der Waals surface area contributed by atoms with Gasteiger partial charge in [-0.15, -0.1) is 0 Å². The summed E-state index contributed by atoms with van der Waals surface area (Å²) in [7, 11) is 0. The Morgan fingerprint density at radius 1 is 0.800 bits per heavy atom. The fraction of sp³-hybridized carbons (Fsp3) is 0.455. The molecule has 192 valence electrons. The van der Waals surface area contributed by atoms with Crippen LogP contribution in [0, 0.1) is 5.92 Å². The van der Waals surface area contributed by atoms with Gasteiger partial charge in [0.15, 0.2) is 0 Å². The van der Waals surface area contributed by atoms with Gasteiger partial charge in [-0.25, -0.2) is 4.79 Å². The highest BCUT2D eigenvalue weighted by Crippen LogP contribution is 2.06. The van der Waals surface area contributed by atoms with E-state index in [4.69, 9.17) is 17.2 Å². The van der Waals surface area contributed by atoms with Crippen molar-refractivity contribution in [2.24, 2.45) is 23.1 Å². The van der Waals surface area contributed by atoms with Crippen molar-refractivity contribution in [3.63, 3.8) is 0 Å². The molecule has 0 saturated carbocycles. The van der Waals surface area contributed by atoms with Crippen molar-refractivity contribution in [3.05, 3.63) is 35.9 Å². The summed E-state index contributed by atoms with van der Waals surface area (Å²) in [5.74, 6) is -6.45. The maximum absolute atomic E-state index is 12.8. The molecule has 0 fully saturated rings. The molecule has 5 amide bonds. The van der Waals surface area contributed by atoms with Crippen molar-refractivity contribution < 1.29 is 33.9 Å². The minimum absolute atomic E-state index is 0.149. The number of carboxylic acid groups (broad SMARTS) is 1. The molecule has 0 aliphatic carbocycles. The van der Waals surface area contributed by atoms with E-state index in [2.05, 4.69) is 16.0 Å². The van der Waals surface area contributed by atoms with E-state index in [0.717, 1.165) is 5.56 Å². The van der Waals surface area contributed by atoms with Gasteiger partial charge in [-0.3, -0.25) is 24.0 Å². The van der Waals surface area contributed by atoms with Crippen molar-refractivity contribution in [3.8, 4) is 0 Å². The van der Waals surface area contributed by atoms with Gasteiger partial charge < -0.3 is 38.3 Å². The normalized spacial score (nSPS) is 14.2. The van der Waals surface area contributed by atoms with E-state index in [1.807, 2.05) is 0 Å². The molecule has 0 heterocycles. The van der Waals surface area contributed by atoms with Crippen LogP contribution in [0.25, 0.3) is 0 Å². The molecule has 1 aromatic carbocycles. The topological polar surface area (TPSA) is 237 Å². The number of carboxylic acids is 1. The van der Waals surface area contributed by atoms with E-state index in [-0.39, 0.29) is 6.42 Å². The van der Waals surface area contributed by atoms with Gasteiger partial charge in [0.05, 0.1) is 18.9 Å². The molecule has 13 nitrogen and oxygen atoms in total. The SMILES string of the molecule is CC(C)C(NC(=O)C(CC(N)=O)NC(=O)C(CC(N)=O)NC(=O)C(N)Cc1ccccc1)C(=O)O. The summed E-state index contributed by atoms with van der Waals surface area (Å²) in [5.41, 5.74) is 17.0. The maximum atomic E-state index is 12.8. The molecule has 0 bridgehead atoms. The third-order valence-corrected chi connectivity index (χ3v) is 4.94. The van der Waals surface area contributed by atoms with E-state index >= 15 is 0 Å². The first-order chi connectivity index (χ1) is 16.3. The number of rotatable bonds is 14. The lowest BCUT2D eigenvalue weighted by molar-refractivity contribution is -0.143. The van der Waals surface area contributed by atoms with E-state index < -0.39 is 78.4 Å². The van der Waals surface area contributed by atoms with E-state index in [1.165, 1.54) is 0 Å². The molecular weight excluding hydrogens is 460 g/mol. The summed E-state index contributed by atoms with van der Waals surface area (Å²) >= 11 is 0. The zero-order chi connectivity index (χ0) is 26.7. The number of carbonyl (C=O) groups excluding carboxylic acids is 5. The first kappa shape index (κ1) is 29.0. The second kappa shape index (κ2) is 13.6.